The Kier molecular flexibility index (Phi) is 10.7. The second-order valence-electron chi connectivity index (χ2n) is 7.02. The molecule has 0 fully saturated rings. The van der Waals surface area contributed by atoms with Crippen molar-refractivity contribution in [3.05, 3.63) is 40.3 Å². The van der Waals surface area contributed by atoms with E-state index in [4.69, 9.17) is 0 Å². The van der Waals surface area contributed by atoms with E-state index in [1.807, 2.05) is 4.41 Å². The molecule has 0 saturated heterocycles. The minimum absolute atomic E-state index is 1.27. The SMILES string of the molecule is CCC[CH2][Ge]([CH2]CCC)([CH2]CCC)/[C](=C/c1ccccc1)CC. The summed E-state index contributed by atoms with van der Waals surface area (Å²) < 4.78 is 1.88. The van der Waals surface area contributed by atoms with E-state index >= 15 is 0 Å². The fourth-order valence-corrected chi connectivity index (χ4v) is 16.4. The molecule has 0 aliphatic rings. The average molecular weight is 375 g/mol. The van der Waals surface area contributed by atoms with Gasteiger partial charge in [0.25, 0.3) is 0 Å². The fraction of sp³-hybridized carbons (Fsp3) is 0.636. The third-order valence-electron chi connectivity index (χ3n) is 5.23. The van der Waals surface area contributed by atoms with Crippen LogP contribution in [0.4, 0.5) is 0 Å². The van der Waals surface area contributed by atoms with Crippen molar-refractivity contribution in [3.63, 3.8) is 0 Å². The molecule has 0 heterocycles. The number of benzene rings is 1. The van der Waals surface area contributed by atoms with Crippen molar-refractivity contribution in [2.75, 3.05) is 0 Å². The monoisotopic (exact) mass is 376 g/mol. The van der Waals surface area contributed by atoms with Crippen LogP contribution in [0.3, 0.4) is 0 Å². The first-order valence-electron chi connectivity index (χ1n) is 9.98. The average Bonchev–Trinajstić information content (AvgIpc) is 2.60. The molecule has 0 bridgehead atoms. The van der Waals surface area contributed by atoms with Gasteiger partial charge in [0.1, 0.15) is 0 Å². The number of hydrogen-bond acceptors (Lipinski definition) is 0. The molecule has 0 nitrogen and oxygen atoms in total. The Morgan fingerprint density at radius 3 is 1.65 bits per heavy atom. The summed E-state index contributed by atoms with van der Waals surface area (Å²) in [5.74, 6) is 0. The third-order valence-corrected chi connectivity index (χ3v) is 17.4. The maximum atomic E-state index is 2.58. The zero-order chi connectivity index (χ0) is 17.0. The van der Waals surface area contributed by atoms with Crippen LogP contribution in [0.25, 0.3) is 6.08 Å². The van der Waals surface area contributed by atoms with Crippen molar-refractivity contribution >= 4 is 19.3 Å². The number of rotatable bonds is 12. The molecule has 0 N–H and O–H groups in total. The van der Waals surface area contributed by atoms with Gasteiger partial charge in [0.15, 0.2) is 0 Å². The normalized spacial score (nSPS) is 12.6. The molecule has 1 rings (SSSR count). The third kappa shape index (κ3) is 6.87. The van der Waals surface area contributed by atoms with Crippen molar-refractivity contribution in [2.24, 2.45) is 0 Å². The van der Waals surface area contributed by atoms with Gasteiger partial charge in [-0.2, -0.15) is 0 Å². The molecular weight excluding hydrogens is 337 g/mol. The molecule has 0 amide bonds. The summed E-state index contributed by atoms with van der Waals surface area (Å²) in [4.78, 5) is 0. The summed E-state index contributed by atoms with van der Waals surface area (Å²) in [6, 6.07) is 11.0. The van der Waals surface area contributed by atoms with Crippen LogP contribution < -0.4 is 0 Å². The Labute approximate surface area is 148 Å². The van der Waals surface area contributed by atoms with Gasteiger partial charge in [0.2, 0.25) is 0 Å². The number of allylic oxidation sites excluding steroid dienone is 1. The molecule has 0 aliphatic heterocycles. The first kappa shape index (κ1) is 20.5. The molecule has 0 saturated carbocycles. The van der Waals surface area contributed by atoms with Crippen LogP contribution in [-0.2, 0) is 0 Å². The van der Waals surface area contributed by atoms with Gasteiger partial charge in [0, 0.05) is 0 Å². The second-order valence-corrected chi connectivity index (χ2v) is 16.9. The van der Waals surface area contributed by atoms with E-state index in [1.54, 1.807) is 15.8 Å². The van der Waals surface area contributed by atoms with E-state index in [-0.39, 0.29) is 0 Å². The molecule has 0 unspecified atom stereocenters. The van der Waals surface area contributed by atoms with Gasteiger partial charge in [-0.05, 0) is 0 Å². The van der Waals surface area contributed by atoms with E-state index in [2.05, 4.69) is 64.1 Å². The topological polar surface area (TPSA) is 0 Å². The number of hydrogen-bond donors (Lipinski definition) is 0. The summed E-state index contributed by atoms with van der Waals surface area (Å²) in [5, 5.41) is 4.68. The summed E-state index contributed by atoms with van der Waals surface area (Å²) in [5.41, 5.74) is 1.42. The summed E-state index contributed by atoms with van der Waals surface area (Å²) in [7, 11) is 0. The molecule has 0 spiro atoms. The van der Waals surface area contributed by atoms with Gasteiger partial charge in [-0.1, -0.05) is 0 Å². The standard InChI is InChI=1S/C22H38Ge/c1-5-9-17-23(18-10-6-2,19-11-7-3)22(8-4)20-21-15-13-12-14-16-21/h12-16,20H,5-11,17-19H2,1-4H3/b22-20+. The van der Waals surface area contributed by atoms with E-state index in [0.29, 0.717) is 0 Å². The van der Waals surface area contributed by atoms with E-state index < -0.39 is 13.3 Å². The molecule has 130 valence electrons. The first-order valence-corrected chi connectivity index (χ1v) is 15.5. The minimum atomic E-state index is -1.92. The molecule has 0 aromatic heterocycles. The number of unbranched alkanes of at least 4 members (excludes halogenated alkanes) is 3. The van der Waals surface area contributed by atoms with E-state index in [1.165, 1.54) is 50.5 Å². The molecule has 0 atom stereocenters. The molecule has 23 heavy (non-hydrogen) atoms. The fourth-order valence-electron chi connectivity index (χ4n) is 3.78. The van der Waals surface area contributed by atoms with Gasteiger partial charge in [0.05, 0.1) is 0 Å². The first-order chi connectivity index (χ1) is 11.2. The molecule has 1 aromatic carbocycles. The summed E-state index contributed by atoms with van der Waals surface area (Å²) >= 11 is -1.92. The van der Waals surface area contributed by atoms with Crippen LogP contribution in [0.1, 0.15) is 78.2 Å². The van der Waals surface area contributed by atoms with Gasteiger partial charge < -0.3 is 0 Å². The molecule has 0 radical (unpaired) electrons. The maximum absolute atomic E-state index is 2.58. The van der Waals surface area contributed by atoms with Gasteiger partial charge in [-0.25, -0.2) is 0 Å². The Morgan fingerprint density at radius 2 is 1.26 bits per heavy atom. The quantitative estimate of drug-likeness (QED) is 0.326. The summed E-state index contributed by atoms with van der Waals surface area (Å²) in [6.45, 7) is 9.48. The zero-order valence-electron chi connectivity index (χ0n) is 16.0. The Balaban J connectivity index is 3.15. The molecule has 1 aromatic rings. The molecule has 0 aliphatic carbocycles. The Morgan fingerprint density at radius 1 is 0.783 bits per heavy atom. The van der Waals surface area contributed by atoms with Crippen LogP contribution in [0, 0.1) is 0 Å². The van der Waals surface area contributed by atoms with Crippen LogP contribution in [0.2, 0.25) is 15.8 Å². The Hall–Kier alpha value is -0.497. The van der Waals surface area contributed by atoms with Crippen molar-refractivity contribution < 1.29 is 0 Å². The van der Waals surface area contributed by atoms with E-state index in [9.17, 15) is 0 Å². The van der Waals surface area contributed by atoms with Crippen LogP contribution in [0.15, 0.2) is 34.7 Å². The predicted octanol–water partition coefficient (Wildman–Crippen LogP) is 7.87. The van der Waals surface area contributed by atoms with Gasteiger partial charge in [-0.3, -0.25) is 0 Å². The molecular formula is C22H38Ge. The van der Waals surface area contributed by atoms with Gasteiger partial charge >= 0.3 is 148 Å². The zero-order valence-corrected chi connectivity index (χ0v) is 18.1. The van der Waals surface area contributed by atoms with Crippen LogP contribution >= 0.6 is 0 Å². The van der Waals surface area contributed by atoms with Crippen LogP contribution in [0.5, 0.6) is 0 Å². The van der Waals surface area contributed by atoms with E-state index in [0.717, 1.165) is 0 Å². The predicted molar refractivity (Wildman–Crippen MR) is 110 cm³/mol. The van der Waals surface area contributed by atoms with Crippen molar-refractivity contribution in [1.29, 1.82) is 0 Å². The Bertz CT molecular complexity index is 411. The van der Waals surface area contributed by atoms with Gasteiger partial charge in [-0.15, -0.1) is 0 Å². The van der Waals surface area contributed by atoms with Crippen LogP contribution in [-0.4, -0.2) is 13.3 Å². The summed E-state index contributed by atoms with van der Waals surface area (Å²) in [6.07, 6.45) is 12.3. The van der Waals surface area contributed by atoms with Crippen molar-refractivity contribution in [3.8, 4) is 0 Å². The second kappa shape index (κ2) is 12.0. The molecule has 1 heteroatoms. The van der Waals surface area contributed by atoms with Crippen molar-refractivity contribution in [1.82, 2.24) is 0 Å². The van der Waals surface area contributed by atoms with Crippen molar-refractivity contribution in [2.45, 2.75) is 88.4 Å².